The normalized spacial score (nSPS) is 15.8. The maximum absolute atomic E-state index is 3.87. The zero-order valence-electron chi connectivity index (χ0n) is 9.53. The number of benzene rings is 2. The average Bonchev–Trinajstić information content (AvgIpc) is 2.39. The van der Waals surface area contributed by atoms with Gasteiger partial charge in [0, 0.05) is 16.8 Å². The Hall–Kier alpha value is -2.22. The molecule has 3 rings (SSSR count). The van der Waals surface area contributed by atoms with Gasteiger partial charge in [0.25, 0.3) is 0 Å². The molecular formula is C15H14N2. The van der Waals surface area contributed by atoms with Crippen molar-refractivity contribution in [1.82, 2.24) is 0 Å². The number of rotatable bonds is 2. The Balaban J connectivity index is 2.30. The summed E-state index contributed by atoms with van der Waals surface area (Å²) in [5.74, 6) is 0. The van der Waals surface area contributed by atoms with Gasteiger partial charge in [0.2, 0.25) is 0 Å². The van der Waals surface area contributed by atoms with Gasteiger partial charge < -0.3 is 10.6 Å². The molecule has 0 fully saturated rings. The van der Waals surface area contributed by atoms with Crippen LogP contribution in [0.1, 0.15) is 0 Å². The largest absolute Gasteiger partial charge is 0.356 e. The minimum absolute atomic E-state index is 0.470. The van der Waals surface area contributed by atoms with Crippen molar-refractivity contribution in [2.75, 3.05) is 10.6 Å². The van der Waals surface area contributed by atoms with Crippen molar-refractivity contribution in [3.8, 4) is 0 Å². The second kappa shape index (κ2) is 3.39. The van der Waals surface area contributed by atoms with E-state index < -0.39 is 5.66 Å². The summed E-state index contributed by atoms with van der Waals surface area (Å²) in [5.41, 5.74) is 1.75. The maximum Gasteiger partial charge on any atom is 0.146 e. The van der Waals surface area contributed by atoms with Crippen LogP contribution in [-0.4, -0.2) is 5.66 Å². The molecule has 0 spiro atoms. The lowest BCUT2D eigenvalue weighted by molar-refractivity contribution is 0.818. The van der Waals surface area contributed by atoms with E-state index in [-0.39, 0.29) is 0 Å². The van der Waals surface area contributed by atoms with Crippen LogP contribution in [0.25, 0.3) is 10.8 Å². The van der Waals surface area contributed by atoms with Crippen LogP contribution in [0, 0.1) is 0 Å². The molecule has 2 N–H and O–H groups in total. The first kappa shape index (κ1) is 9.97. The molecule has 0 aliphatic carbocycles. The van der Waals surface area contributed by atoms with E-state index in [9.17, 15) is 0 Å². The molecular weight excluding hydrogens is 208 g/mol. The number of nitrogens with one attached hydrogen (secondary N) is 2. The molecule has 0 aromatic heterocycles. The van der Waals surface area contributed by atoms with Crippen LogP contribution < -0.4 is 10.6 Å². The van der Waals surface area contributed by atoms with Crippen LogP contribution in [-0.2, 0) is 0 Å². The van der Waals surface area contributed by atoms with E-state index in [2.05, 4.69) is 60.2 Å². The molecule has 17 heavy (non-hydrogen) atoms. The Bertz CT molecular complexity index is 563. The van der Waals surface area contributed by atoms with E-state index in [0.717, 1.165) is 11.4 Å². The molecule has 1 heterocycles. The molecule has 2 aromatic carbocycles. The summed E-state index contributed by atoms with van der Waals surface area (Å²) in [7, 11) is 0. The Morgan fingerprint density at radius 1 is 0.882 bits per heavy atom. The third-order valence-electron chi connectivity index (χ3n) is 3.23. The van der Waals surface area contributed by atoms with Crippen molar-refractivity contribution in [3.05, 3.63) is 61.7 Å². The first-order valence-corrected chi connectivity index (χ1v) is 5.63. The summed E-state index contributed by atoms with van der Waals surface area (Å²) in [4.78, 5) is 0. The van der Waals surface area contributed by atoms with Gasteiger partial charge >= 0.3 is 0 Å². The lowest BCUT2D eigenvalue weighted by Gasteiger charge is -2.36. The van der Waals surface area contributed by atoms with Crippen molar-refractivity contribution >= 4 is 22.1 Å². The zero-order valence-corrected chi connectivity index (χ0v) is 9.53. The highest BCUT2D eigenvalue weighted by atomic mass is 15.2. The van der Waals surface area contributed by atoms with Crippen LogP contribution in [0.5, 0.6) is 0 Å². The van der Waals surface area contributed by atoms with Gasteiger partial charge in [-0.3, -0.25) is 0 Å². The molecule has 0 bridgehead atoms. The summed E-state index contributed by atoms with van der Waals surface area (Å²) in [6.07, 6.45) is 3.66. The van der Waals surface area contributed by atoms with E-state index in [1.165, 1.54) is 10.8 Å². The monoisotopic (exact) mass is 222 g/mol. The predicted molar refractivity (Wildman–Crippen MR) is 74.3 cm³/mol. The second-order valence-electron chi connectivity index (χ2n) is 4.24. The first-order valence-electron chi connectivity index (χ1n) is 5.63. The van der Waals surface area contributed by atoms with Gasteiger partial charge in [-0.2, -0.15) is 0 Å². The Kier molecular flexibility index (Phi) is 1.99. The molecule has 2 nitrogen and oxygen atoms in total. The van der Waals surface area contributed by atoms with Gasteiger partial charge in [-0.05, 0) is 29.7 Å². The molecule has 2 heteroatoms. The van der Waals surface area contributed by atoms with Crippen LogP contribution in [0.3, 0.4) is 0 Å². The fraction of sp³-hybridized carbons (Fsp3) is 0.0667. The Morgan fingerprint density at radius 2 is 1.41 bits per heavy atom. The molecule has 0 saturated heterocycles. The topological polar surface area (TPSA) is 24.1 Å². The molecule has 0 amide bonds. The van der Waals surface area contributed by atoms with Crippen molar-refractivity contribution in [3.63, 3.8) is 0 Å². The minimum Gasteiger partial charge on any atom is -0.356 e. The van der Waals surface area contributed by atoms with Gasteiger partial charge in [0.15, 0.2) is 0 Å². The molecule has 0 saturated carbocycles. The maximum atomic E-state index is 3.87. The van der Waals surface area contributed by atoms with Gasteiger partial charge in [-0.1, -0.05) is 37.4 Å². The number of anilines is 2. The van der Waals surface area contributed by atoms with Gasteiger partial charge in [-0.15, -0.1) is 0 Å². The average molecular weight is 222 g/mol. The summed E-state index contributed by atoms with van der Waals surface area (Å²) >= 11 is 0. The van der Waals surface area contributed by atoms with Gasteiger partial charge in [-0.25, -0.2) is 0 Å². The number of hydrogen-bond donors (Lipinski definition) is 2. The fourth-order valence-electron chi connectivity index (χ4n) is 2.31. The predicted octanol–water partition coefficient (Wildman–Crippen LogP) is 3.75. The van der Waals surface area contributed by atoms with E-state index >= 15 is 0 Å². The lowest BCUT2D eigenvalue weighted by Crippen LogP contribution is -2.44. The molecule has 1 aliphatic rings. The summed E-state index contributed by atoms with van der Waals surface area (Å²) in [6, 6.07) is 12.5. The van der Waals surface area contributed by atoms with Gasteiger partial charge in [0.05, 0.1) is 0 Å². The molecule has 0 atom stereocenters. The third kappa shape index (κ3) is 1.34. The molecule has 2 aromatic rings. The first-order chi connectivity index (χ1) is 8.28. The third-order valence-corrected chi connectivity index (χ3v) is 3.23. The Labute approximate surface area is 101 Å². The van der Waals surface area contributed by atoms with E-state index in [4.69, 9.17) is 0 Å². The van der Waals surface area contributed by atoms with Gasteiger partial charge in [0.1, 0.15) is 5.66 Å². The minimum atomic E-state index is -0.470. The second-order valence-corrected chi connectivity index (χ2v) is 4.24. The SMILES string of the molecule is C=CC1(C=C)Nc2cccc3cccc(c23)N1. The quantitative estimate of drug-likeness (QED) is 0.756. The molecule has 1 aliphatic heterocycles. The molecule has 0 radical (unpaired) electrons. The van der Waals surface area contributed by atoms with Crippen LogP contribution in [0.15, 0.2) is 61.7 Å². The van der Waals surface area contributed by atoms with Crippen LogP contribution in [0.4, 0.5) is 11.4 Å². The number of hydrogen-bond acceptors (Lipinski definition) is 2. The fourth-order valence-corrected chi connectivity index (χ4v) is 2.31. The van der Waals surface area contributed by atoms with E-state index in [1.807, 2.05) is 12.2 Å². The standard InChI is InChI=1S/C15H14N2/c1-3-15(4-2)16-12-9-5-7-11-8-6-10-13(17-15)14(11)12/h3-10,16-17H,1-2H2. The lowest BCUT2D eigenvalue weighted by atomic mass is 9.99. The van der Waals surface area contributed by atoms with E-state index in [0.29, 0.717) is 0 Å². The summed E-state index contributed by atoms with van der Waals surface area (Å²) in [5, 5.41) is 9.29. The van der Waals surface area contributed by atoms with Crippen molar-refractivity contribution in [2.45, 2.75) is 5.66 Å². The highest BCUT2D eigenvalue weighted by Crippen LogP contribution is 2.38. The van der Waals surface area contributed by atoms with Crippen molar-refractivity contribution < 1.29 is 0 Å². The smallest absolute Gasteiger partial charge is 0.146 e. The molecule has 0 unspecified atom stereocenters. The van der Waals surface area contributed by atoms with Crippen LogP contribution >= 0.6 is 0 Å². The molecule has 84 valence electrons. The van der Waals surface area contributed by atoms with Crippen molar-refractivity contribution in [2.24, 2.45) is 0 Å². The van der Waals surface area contributed by atoms with Crippen LogP contribution in [0.2, 0.25) is 0 Å². The summed E-state index contributed by atoms with van der Waals surface area (Å²) < 4.78 is 0. The highest BCUT2D eigenvalue weighted by Gasteiger charge is 2.27. The summed E-state index contributed by atoms with van der Waals surface area (Å²) in [6.45, 7) is 7.74. The Morgan fingerprint density at radius 3 is 1.88 bits per heavy atom. The van der Waals surface area contributed by atoms with Crippen molar-refractivity contribution in [1.29, 1.82) is 0 Å². The van der Waals surface area contributed by atoms with E-state index in [1.54, 1.807) is 0 Å². The highest BCUT2D eigenvalue weighted by molar-refractivity contribution is 6.05. The zero-order chi connectivity index (χ0) is 11.9.